The average molecular weight is 471 g/mol. The summed E-state index contributed by atoms with van der Waals surface area (Å²) in [6.45, 7) is 8.51. The van der Waals surface area contributed by atoms with E-state index in [2.05, 4.69) is 91.7 Å². The summed E-state index contributed by atoms with van der Waals surface area (Å²) in [4.78, 5) is 12.7. The monoisotopic (exact) mass is 470 g/mol. The molecule has 4 rings (SSSR count). The van der Waals surface area contributed by atoms with Crippen molar-refractivity contribution in [2.75, 3.05) is 11.1 Å². The zero-order valence-electron chi connectivity index (χ0n) is 20.1. The number of aromatic nitrogens is 3. The van der Waals surface area contributed by atoms with Gasteiger partial charge in [-0.05, 0) is 56.0 Å². The van der Waals surface area contributed by atoms with Crippen LogP contribution in [0, 0.1) is 13.8 Å². The lowest BCUT2D eigenvalue weighted by Gasteiger charge is -2.12. The summed E-state index contributed by atoms with van der Waals surface area (Å²) in [6, 6.07) is 24.6. The van der Waals surface area contributed by atoms with E-state index in [4.69, 9.17) is 0 Å². The van der Waals surface area contributed by atoms with Gasteiger partial charge in [0.05, 0.1) is 5.75 Å². The van der Waals surface area contributed by atoms with Crippen LogP contribution in [-0.2, 0) is 4.79 Å². The van der Waals surface area contributed by atoms with Crippen LogP contribution in [0.5, 0.6) is 0 Å². The second-order valence-electron chi connectivity index (χ2n) is 8.61. The largest absolute Gasteiger partial charge is 0.325 e. The highest BCUT2D eigenvalue weighted by Gasteiger charge is 2.17. The van der Waals surface area contributed by atoms with Gasteiger partial charge in [0.15, 0.2) is 11.0 Å². The Hall–Kier alpha value is -3.38. The molecular formula is C28H30N4OS. The maximum Gasteiger partial charge on any atom is 0.234 e. The Balaban J connectivity index is 1.53. The van der Waals surface area contributed by atoms with Gasteiger partial charge in [-0.3, -0.25) is 9.36 Å². The minimum atomic E-state index is -0.0726. The van der Waals surface area contributed by atoms with Gasteiger partial charge < -0.3 is 5.32 Å². The van der Waals surface area contributed by atoms with Gasteiger partial charge in [-0.2, -0.15) is 0 Å². The molecule has 0 saturated carbocycles. The lowest BCUT2D eigenvalue weighted by atomic mass is 9.99. The minimum Gasteiger partial charge on any atom is -0.325 e. The number of amides is 1. The van der Waals surface area contributed by atoms with E-state index >= 15 is 0 Å². The number of rotatable bonds is 8. The van der Waals surface area contributed by atoms with Gasteiger partial charge in [-0.15, -0.1) is 10.2 Å². The summed E-state index contributed by atoms with van der Waals surface area (Å²) in [5, 5.41) is 12.6. The van der Waals surface area contributed by atoms with Crippen molar-refractivity contribution in [2.45, 2.75) is 45.2 Å². The van der Waals surface area contributed by atoms with Crippen LogP contribution in [-0.4, -0.2) is 26.4 Å². The molecule has 0 radical (unpaired) electrons. The molecule has 1 amide bonds. The lowest BCUT2D eigenvalue weighted by molar-refractivity contribution is -0.113. The maximum absolute atomic E-state index is 12.7. The van der Waals surface area contributed by atoms with Gasteiger partial charge in [-0.25, -0.2) is 0 Å². The first kappa shape index (κ1) is 23.8. The second-order valence-corrected chi connectivity index (χ2v) is 9.55. The molecular weight excluding hydrogens is 440 g/mol. The molecule has 1 aromatic heterocycles. The fraction of sp³-hybridized carbons (Fsp3) is 0.250. The van der Waals surface area contributed by atoms with E-state index in [1.165, 1.54) is 28.5 Å². The third kappa shape index (κ3) is 5.57. The first-order valence-corrected chi connectivity index (χ1v) is 12.5. The number of carbonyl (C=O) groups is 1. The summed E-state index contributed by atoms with van der Waals surface area (Å²) in [5.74, 6) is 1.44. The van der Waals surface area contributed by atoms with Crippen molar-refractivity contribution in [2.24, 2.45) is 0 Å². The highest BCUT2D eigenvalue weighted by atomic mass is 32.2. The molecule has 174 valence electrons. The molecule has 1 N–H and O–H groups in total. The van der Waals surface area contributed by atoms with E-state index in [1.807, 2.05) is 28.8 Å². The third-order valence-electron chi connectivity index (χ3n) is 5.94. The number of nitrogens with one attached hydrogen (secondary N) is 1. The first-order chi connectivity index (χ1) is 16.4. The van der Waals surface area contributed by atoms with Crippen molar-refractivity contribution in [1.29, 1.82) is 0 Å². The van der Waals surface area contributed by atoms with Crippen molar-refractivity contribution in [1.82, 2.24) is 14.8 Å². The first-order valence-electron chi connectivity index (χ1n) is 11.6. The number of nitrogens with zero attached hydrogens (tertiary/aromatic N) is 3. The zero-order chi connectivity index (χ0) is 24.1. The van der Waals surface area contributed by atoms with Crippen LogP contribution >= 0.6 is 11.8 Å². The van der Waals surface area contributed by atoms with Crippen LogP contribution in [0.2, 0.25) is 0 Å². The molecule has 0 aliphatic heterocycles. The number of hydrogen-bond donors (Lipinski definition) is 1. The van der Waals surface area contributed by atoms with Crippen LogP contribution in [0.25, 0.3) is 17.1 Å². The summed E-state index contributed by atoms with van der Waals surface area (Å²) >= 11 is 1.38. The number of anilines is 1. The molecule has 34 heavy (non-hydrogen) atoms. The maximum atomic E-state index is 12.7. The van der Waals surface area contributed by atoms with Crippen LogP contribution < -0.4 is 5.32 Å². The van der Waals surface area contributed by atoms with Crippen molar-refractivity contribution in [3.63, 3.8) is 0 Å². The fourth-order valence-electron chi connectivity index (χ4n) is 3.64. The third-order valence-corrected chi connectivity index (χ3v) is 6.87. The van der Waals surface area contributed by atoms with E-state index < -0.39 is 0 Å². The lowest BCUT2D eigenvalue weighted by Crippen LogP contribution is -2.14. The molecule has 0 bridgehead atoms. The molecule has 3 aromatic carbocycles. The highest BCUT2D eigenvalue weighted by Crippen LogP contribution is 2.28. The van der Waals surface area contributed by atoms with E-state index in [0.717, 1.165) is 29.2 Å². The minimum absolute atomic E-state index is 0.0726. The molecule has 0 aliphatic carbocycles. The second kappa shape index (κ2) is 10.7. The molecule has 0 spiro atoms. The van der Waals surface area contributed by atoms with Crippen LogP contribution in [0.15, 0.2) is 78.0 Å². The van der Waals surface area contributed by atoms with E-state index in [-0.39, 0.29) is 11.7 Å². The van der Waals surface area contributed by atoms with Crippen molar-refractivity contribution < 1.29 is 4.79 Å². The molecule has 0 fully saturated rings. The van der Waals surface area contributed by atoms with E-state index in [0.29, 0.717) is 11.1 Å². The number of hydrogen-bond acceptors (Lipinski definition) is 4. The number of carbonyl (C=O) groups excluding carboxylic acids is 1. The molecule has 1 heterocycles. The highest BCUT2D eigenvalue weighted by molar-refractivity contribution is 7.99. The van der Waals surface area contributed by atoms with Gasteiger partial charge in [0, 0.05) is 16.9 Å². The van der Waals surface area contributed by atoms with Crippen LogP contribution in [0.3, 0.4) is 0 Å². The topological polar surface area (TPSA) is 59.8 Å². The molecule has 4 aromatic rings. The van der Waals surface area contributed by atoms with Gasteiger partial charge in [0.2, 0.25) is 5.91 Å². The Morgan fingerprint density at radius 2 is 1.53 bits per heavy atom. The molecule has 5 nitrogen and oxygen atoms in total. The predicted molar refractivity (Wildman–Crippen MR) is 141 cm³/mol. The van der Waals surface area contributed by atoms with Crippen molar-refractivity contribution in [3.05, 3.63) is 89.5 Å². The zero-order valence-corrected chi connectivity index (χ0v) is 20.9. The Morgan fingerprint density at radius 1 is 0.912 bits per heavy atom. The van der Waals surface area contributed by atoms with Crippen LogP contribution in [0.4, 0.5) is 5.69 Å². The summed E-state index contributed by atoms with van der Waals surface area (Å²) in [5.41, 5.74) is 6.41. The van der Waals surface area contributed by atoms with Gasteiger partial charge in [0.1, 0.15) is 0 Å². The van der Waals surface area contributed by atoms with Crippen molar-refractivity contribution >= 4 is 23.4 Å². The van der Waals surface area contributed by atoms with Crippen molar-refractivity contribution in [3.8, 4) is 17.1 Å². The predicted octanol–water partition coefficient (Wildman–Crippen LogP) is 6.80. The summed E-state index contributed by atoms with van der Waals surface area (Å²) in [7, 11) is 0. The Kier molecular flexibility index (Phi) is 7.48. The molecule has 0 saturated heterocycles. The standard InChI is InChI=1S/C28H30N4OS/c1-5-21(4)22-12-14-24(15-13-22)29-26(33)18-34-28-31-30-27(23-10-6-19(2)7-11-23)32(28)25-16-8-20(3)9-17-25/h6-17,21H,5,18H2,1-4H3,(H,29,33)/t21-/m0/s1. The number of benzene rings is 3. The molecule has 0 aliphatic rings. The van der Waals surface area contributed by atoms with E-state index in [1.54, 1.807) is 0 Å². The van der Waals surface area contributed by atoms with Crippen LogP contribution in [0.1, 0.15) is 42.9 Å². The number of thioether (sulfide) groups is 1. The number of aryl methyl sites for hydroxylation is 2. The average Bonchev–Trinajstić information content (AvgIpc) is 3.27. The normalized spacial score (nSPS) is 11.9. The Labute approximate surface area is 205 Å². The Morgan fingerprint density at radius 3 is 2.15 bits per heavy atom. The van der Waals surface area contributed by atoms with Gasteiger partial charge in [-0.1, -0.05) is 85.3 Å². The van der Waals surface area contributed by atoms with E-state index in [9.17, 15) is 4.79 Å². The quantitative estimate of drug-likeness (QED) is 0.288. The Bertz CT molecular complexity index is 1250. The summed E-state index contributed by atoms with van der Waals surface area (Å²) < 4.78 is 2.02. The smallest absolute Gasteiger partial charge is 0.234 e. The van der Waals surface area contributed by atoms with Gasteiger partial charge >= 0.3 is 0 Å². The molecule has 6 heteroatoms. The molecule has 1 atom stereocenters. The molecule has 0 unspecified atom stereocenters. The fourth-order valence-corrected chi connectivity index (χ4v) is 4.39. The SMILES string of the molecule is CC[C@H](C)c1ccc(NC(=O)CSc2nnc(-c3ccc(C)cc3)n2-c2ccc(C)cc2)cc1. The van der Waals surface area contributed by atoms with Gasteiger partial charge in [0.25, 0.3) is 0 Å². The summed E-state index contributed by atoms with van der Waals surface area (Å²) in [6.07, 6.45) is 1.09.